The molecule has 0 heterocycles. The lowest BCUT2D eigenvalue weighted by Crippen LogP contribution is -2.45. The molecule has 0 aliphatic heterocycles. The van der Waals surface area contributed by atoms with E-state index in [1.807, 2.05) is 31.2 Å². The third-order valence-electron chi connectivity index (χ3n) is 5.00. The highest BCUT2D eigenvalue weighted by Crippen LogP contribution is 2.43. The molecule has 1 aromatic rings. The summed E-state index contributed by atoms with van der Waals surface area (Å²) in [6.45, 7) is 0.850. The Morgan fingerprint density at radius 3 is 2.27 bits per heavy atom. The van der Waals surface area contributed by atoms with Gasteiger partial charge in [0.05, 0.1) is 19.4 Å². The number of benzene rings is 1. The van der Waals surface area contributed by atoms with Crippen LogP contribution < -0.4 is 4.74 Å². The van der Waals surface area contributed by atoms with Gasteiger partial charge < -0.3 is 14.6 Å². The fourth-order valence-corrected chi connectivity index (χ4v) is 3.63. The third kappa shape index (κ3) is 3.80. The number of hydrogen-bond acceptors (Lipinski definition) is 4. The first-order valence-corrected chi connectivity index (χ1v) is 8.13. The van der Waals surface area contributed by atoms with Crippen LogP contribution in [0, 0.1) is 0 Å². The van der Waals surface area contributed by atoms with Crippen molar-refractivity contribution in [1.29, 1.82) is 0 Å². The summed E-state index contributed by atoms with van der Waals surface area (Å²) in [5.74, 6) is 1.12. The summed E-state index contributed by atoms with van der Waals surface area (Å²) in [6.07, 6.45) is 5.88. The van der Waals surface area contributed by atoms with Gasteiger partial charge in [-0.2, -0.15) is 0 Å². The number of ether oxygens (including phenoxy) is 2. The minimum atomic E-state index is -0.129. The maximum absolute atomic E-state index is 9.43. The average Bonchev–Trinajstić information content (AvgIpc) is 2.60. The Labute approximate surface area is 134 Å². The fourth-order valence-electron chi connectivity index (χ4n) is 3.63. The molecule has 1 unspecified atom stereocenters. The lowest BCUT2D eigenvalue weighted by molar-refractivity contribution is -0.0694. The highest BCUT2D eigenvalue weighted by molar-refractivity contribution is 5.31. The van der Waals surface area contributed by atoms with Crippen molar-refractivity contribution in [2.45, 2.75) is 43.6 Å². The Kier molecular flexibility index (Phi) is 6.24. The molecule has 1 N–H and O–H groups in total. The highest BCUT2D eigenvalue weighted by atomic mass is 16.5. The normalized spacial score (nSPS) is 19.1. The zero-order valence-corrected chi connectivity index (χ0v) is 14.0. The van der Waals surface area contributed by atoms with Gasteiger partial charge in [0.2, 0.25) is 0 Å². The topological polar surface area (TPSA) is 41.9 Å². The average molecular weight is 307 g/mol. The molecule has 1 aliphatic carbocycles. The second-order valence-corrected chi connectivity index (χ2v) is 6.34. The van der Waals surface area contributed by atoms with Gasteiger partial charge in [-0.15, -0.1) is 0 Å². The molecule has 0 saturated heterocycles. The number of rotatable bonds is 7. The molecule has 0 aromatic heterocycles. The van der Waals surface area contributed by atoms with Gasteiger partial charge in [-0.25, -0.2) is 0 Å². The van der Waals surface area contributed by atoms with E-state index in [0.29, 0.717) is 0 Å². The van der Waals surface area contributed by atoms with Crippen LogP contribution in [0.1, 0.15) is 43.6 Å². The molecule has 4 nitrogen and oxygen atoms in total. The first-order valence-electron chi connectivity index (χ1n) is 8.13. The number of aliphatic hydroxyl groups excluding tert-OH is 1. The summed E-state index contributed by atoms with van der Waals surface area (Å²) in [5.41, 5.74) is 1.13. The minimum Gasteiger partial charge on any atom is -0.497 e. The fraction of sp³-hybridized carbons (Fsp3) is 0.667. The first-order chi connectivity index (χ1) is 10.6. The molecule has 22 heavy (non-hydrogen) atoms. The SMILES string of the molecule is COc1ccc(C(CN(C)CO)C2(OC)CCCCC2)cc1. The summed E-state index contributed by atoms with van der Waals surface area (Å²) < 4.78 is 11.3. The Hall–Kier alpha value is -1.10. The molecule has 1 fully saturated rings. The van der Waals surface area contributed by atoms with Crippen molar-refractivity contribution in [1.82, 2.24) is 4.90 Å². The largest absolute Gasteiger partial charge is 0.497 e. The molecule has 4 heteroatoms. The number of likely N-dealkylation sites (N-methyl/N-ethyl adjacent to an activating group) is 1. The lowest BCUT2D eigenvalue weighted by atomic mass is 9.72. The van der Waals surface area contributed by atoms with E-state index in [4.69, 9.17) is 9.47 Å². The summed E-state index contributed by atoms with van der Waals surface area (Å²) in [5, 5.41) is 9.43. The molecule has 0 radical (unpaired) electrons. The van der Waals surface area contributed by atoms with E-state index in [0.717, 1.165) is 25.1 Å². The Morgan fingerprint density at radius 1 is 1.14 bits per heavy atom. The van der Waals surface area contributed by atoms with Gasteiger partial charge >= 0.3 is 0 Å². The van der Waals surface area contributed by atoms with Crippen molar-refractivity contribution in [3.8, 4) is 5.75 Å². The molecular weight excluding hydrogens is 278 g/mol. The summed E-state index contributed by atoms with van der Waals surface area (Å²) in [6, 6.07) is 8.27. The third-order valence-corrected chi connectivity index (χ3v) is 5.00. The van der Waals surface area contributed by atoms with Crippen molar-refractivity contribution >= 4 is 0 Å². The number of aliphatic hydroxyl groups is 1. The van der Waals surface area contributed by atoms with Crippen LogP contribution in [-0.2, 0) is 4.74 Å². The Balaban J connectivity index is 2.31. The van der Waals surface area contributed by atoms with Crippen LogP contribution in [0.3, 0.4) is 0 Å². The molecule has 1 saturated carbocycles. The summed E-state index contributed by atoms with van der Waals surface area (Å²) in [4.78, 5) is 1.95. The van der Waals surface area contributed by atoms with Gasteiger partial charge in [0.25, 0.3) is 0 Å². The lowest BCUT2D eigenvalue weighted by Gasteiger charge is -2.44. The molecular formula is C18H29NO3. The first kappa shape index (κ1) is 17.3. The molecule has 1 aromatic carbocycles. The van der Waals surface area contributed by atoms with Gasteiger partial charge in [0.1, 0.15) is 5.75 Å². The van der Waals surface area contributed by atoms with Gasteiger partial charge in [-0.1, -0.05) is 31.4 Å². The van der Waals surface area contributed by atoms with Gasteiger partial charge in [0.15, 0.2) is 0 Å². The van der Waals surface area contributed by atoms with E-state index in [2.05, 4.69) is 12.1 Å². The van der Waals surface area contributed by atoms with Crippen LogP contribution in [0.25, 0.3) is 0 Å². The van der Waals surface area contributed by atoms with E-state index in [1.54, 1.807) is 7.11 Å². The second kappa shape index (κ2) is 7.95. The quantitative estimate of drug-likeness (QED) is 0.786. The maximum Gasteiger partial charge on any atom is 0.118 e. The van der Waals surface area contributed by atoms with Crippen LogP contribution >= 0.6 is 0 Å². The second-order valence-electron chi connectivity index (χ2n) is 6.34. The Morgan fingerprint density at radius 2 is 1.77 bits per heavy atom. The van der Waals surface area contributed by atoms with E-state index >= 15 is 0 Å². The van der Waals surface area contributed by atoms with Crippen LogP contribution in [-0.4, -0.2) is 50.2 Å². The van der Waals surface area contributed by atoms with E-state index in [-0.39, 0.29) is 18.2 Å². The van der Waals surface area contributed by atoms with Crippen molar-refractivity contribution in [3.63, 3.8) is 0 Å². The predicted octanol–water partition coefficient (Wildman–Crippen LogP) is 3.01. The monoisotopic (exact) mass is 307 g/mol. The van der Waals surface area contributed by atoms with Crippen molar-refractivity contribution in [2.75, 3.05) is 34.5 Å². The predicted molar refractivity (Wildman–Crippen MR) is 88.3 cm³/mol. The summed E-state index contributed by atoms with van der Waals surface area (Å²) >= 11 is 0. The zero-order valence-electron chi connectivity index (χ0n) is 14.0. The molecule has 0 bridgehead atoms. The maximum atomic E-state index is 9.43. The highest BCUT2D eigenvalue weighted by Gasteiger charge is 2.41. The van der Waals surface area contributed by atoms with Crippen molar-refractivity contribution in [3.05, 3.63) is 29.8 Å². The van der Waals surface area contributed by atoms with Gasteiger partial charge in [-0.05, 0) is 37.6 Å². The van der Waals surface area contributed by atoms with Crippen molar-refractivity contribution < 1.29 is 14.6 Å². The molecule has 0 spiro atoms. The molecule has 2 rings (SSSR count). The standard InChI is InChI=1S/C18H29NO3/c1-19(14-20)13-17(15-7-9-16(21-2)10-8-15)18(22-3)11-5-4-6-12-18/h7-10,17,20H,4-6,11-14H2,1-3H3. The number of methoxy groups -OCH3 is 2. The van der Waals surface area contributed by atoms with Crippen LogP contribution in [0.4, 0.5) is 0 Å². The van der Waals surface area contributed by atoms with Gasteiger partial charge in [-0.3, -0.25) is 4.90 Å². The van der Waals surface area contributed by atoms with E-state index in [9.17, 15) is 5.11 Å². The van der Waals surface area contributed by atoms with Crippen molar-refractivity contribution in [2.24, 2.45) is 0 Å². The number of hydrogen-bond donors (Lipinski definition) is 1. The van der Waals surface area contributed by atoms with Gasteiger partial charge in [0, 0.05) is 19.6 Å². The summed E-state index contributed by atoms with van der Waals surface area (Å²) in [7, 11) is 5.47. The number of nitrogens with zero attached hydrogens (tertiary/aromatic N) is 1. The molecule has 1 atom stereocenters. The zero-order chi connectivity index (χ0) is 16.0. The minimum absolute atomic E-state index is 0.0620. The molecule has 0 amide bonds. The van der Waals surface area contributed by atoms with Crippen LogP contribution in [0.15, 0.2) is 24.3 Å². The van der Waals surface area contributed by atoms with E-state index < -0.39 is 0 Å². The smallest absolute Gasteiger partial charge is 0.118 e. The Bertz CT molecular complexity index is 440. The molecule has 1 aliphatic rings. The van der Waals surface area contributed by atoms with E-state index in [1.165, 1.54) is 24.8 Å². The molecule has 124 valence electrons. The van der Waals surface area contributed by atoms with Crippen LogP contribution in [0.2, 0.25) is 0 Å². The van der Waals surface area contributed by atoms with Crippen LogP contribution in [0.5, 0.6) is 5.75 Å².